The summed E-state index contributed by atoms with van der Waals surface area (Å²) in [6.07, 6.45) is -1.31. The monoisotopic (exact) mass is 181 g/mol. The lowest BCUT2D eigenvalue weighted by atomic mass is 10.1. The first-order chi connectivity index (χ1) is 6.24. The van der Waals surface area contributed by atoms with E-state index in [-0.39, 0.29) is 6.42 Å². The molecule has 0 aromatic heterocycles. The highest BCUT2D eigenvalue weighted by Gasteiger charge is 2.15. The number of halogens is 1. The van der Waals surface area contributed by atoms with Gasteiger partial charge in [-0.3, -0.25) is 4.79 Å². The van der Waals surface area contributed by atoms with Crippen LogP contribution in [0.4, 0.5) is 4.39 Å². The molecule has 1 aromatic rings. The number of hydrogen-bond donors (Lipinski definition) is 1. The van der Waals surface area contributed by atoms with Crippen molar-refractivity contribution in [2.24, 2.45) is 0 Å². The van der Waals surface area contributed by atoms with E-state index < -0.39 is 12.1 Å². The van der Waals surface area contributed by atoms with E-state index in [1.165, 1.54) is 7.05 Å². The highest BCUT2D eigenvalue weighted by molar-refractivity contribution is 5.80. The van der Waals surface area contributed by atoms with Crippen molar-refractivity contribution < 1.29 is 9.18 Å². The van der Waals surface area contributed by atoms with Gasteiger partial charge in [0.05, 0.1) is 0 Å². The smallest absolute Gasteiger partial charge is 0.254 e. The lowest BCUT2D eigenvalue weighted by Gasteiger charge is -2.05. The molecule has 13 heavy (non-hydrogen) atoms. The van der Waals surface area contributed by atoms with Gasteiger partial charge < -0.3 is 5.32 Å². The van der Waals surface area contributed by atoms with Gasteiger partial charge in [-0.25, -0.2) is 4.39 Å². The average molecular weight is 181 g/mol. The zero-order chi connectivity index (χ0) is 9.68. The zero-order valence-electron chi connectivity index (χ0n) is 7.46. The SMILES string of the molecule is CNC(=O)C(F)Cc1ccccc1. The summed E-state index contributed by atoms with van der Waals surface area (Å²) in [5.74, 6) is -0.566. The predicted molar refractivity (Wildman–Crippen MR) is 49.1 cm³/mol. The van der Waals surface area contributed by atoms with Crippen molar-refractivity contribution in [3.63, 3.8) is 0 Å². The highest BCUT2D eigenvalue weighted by Crippen LogP contribution is 2.05. The third kappa shape index (κ3) is 2.86. The molecule has 2 nitrogen and oxygen atoms in total. The van der Waals surface area contributed by atoms with Gasteiger partial charge in [-0.1, -0.05) is 30.3 Å². The molecule has 0 fully saturated rings. The normalized spacial score (nSPS) is 12.2. The highest BCUT2D eigenvalue weighted by atomic mass is 19.1. The number of carbonyl (C=O) groups is 1. The molecule has 1 unspecified atom stereocenters. The van der Waals surface area contributed by atoms with E-state index in [0.717, 1.165) is 5.56 Å². The van der Waals surface area contributed by atoms with Crippen molar-refractivity contribution in [1.82, 2.24) is 5.32 Å². The molecule has 1 atom stereocenters. The molecule has 1 N–H and O–H groups in total. The van der Waals surface area contributed by atoms with E-state index in [9.17, 15) is 9.18 Å². The topological polar surface area (TPSA) is 29.1 Å². The van der Waals surface area contributed by atoms with E-state index in [4.69, 9.17) is 0 Å². The molecular formula is C10H12FNO. The van der Waals surface area contributed by atoms with Crippen molar-refractivity contribution in [1.29, 1.82) is 0 Å². The summed E-state index contributed by atoms with van der Waals surface area (Å²) in [4.78, 5) is 10.8. The fourth-order valence-electron chi connectivity index (χ4n) is 1.07. The zero-order valence-corrected chi connectivity index (χ0v) is 7.46. The Morgan fingerprint density at radius 3 is 2.62 bits per heavy atom. The average Bonchev–Trinajstić information content (AvgIpc) is 2.18. The summed E-state index contributed by atoms with van der Waals surface area (Å²) in [6.45, 7) is 0. The molecule has 0 saturated carbocycles. The molecule has 0 aliphatic carbocycles. The third-order valence-electron chi connectivity index (χ3n) is 1.79. The Labute approximate surface area is 76.8 Å². The van der Waals surface area contributed by atoms with Crippen molar-refractivity contribution in [3.8, 4) is 0 Å². The van der Waals surface area contributed by atoms with Crippen LogP contribution in [0.5, 0.6) is 0 Å². The minimum atomic E-state index is -1.45. The van der Waals surface area contributed by atoms with Crippen LogP contribution >= 0.6 is 0 Å². The second-order valence-electron chi connectivity index (χ2n) is 2.77. The van der Waals surface area contributed by atoms with Crippen LogP contribution in [-0.2, 0) is 11.2 Å². The molecule has 0 heterocycles. The van der Waals surface area contributed by atoms with Crippen LogP contribution in [0.3, 0.4) is 0 Å². The molecule has 3 heteroatoms. The van der Waals surface area contributed by atoms with Crippen molar-refractivity contribution in [2.45, 2.75) is 12.6 Å². The Balaban J connectivity index is 2.55. The molecule has 0 aliphatic rings. The van der Waals surface area contributed by atoms with Gasteiger partial charge in [-0.05, 0) is 5.56 Å². The second-order valence-corrected chi connectivity index (χ2v) is 2.77. The first-order valence-electron chi connectivity index (χ1n) is 4.13. The molecule has 1 amide bonds. The maximum absolute atomic E-state index is 13.1. The van der Waals surface area contributed by atoms with Crippen LogP contribution < -0.4 is 5.32 Å². The molecule has 0 saturated heterocycles. The molecule has 0 spiro atoms. The van der Waals surface area contributed by atoms with Crippen molar-refractivity contribution in [3.05, 3.63) is 35.9 Å². The quantitative estimate of drug-likeness (QED) is 0.748. The van der Waals surface area contributed by atoms with Crippen LogP contribution in [0.15, 0.2) is 30.3 Å². The van der Waals surface area contributed by atoms with Gasteiger partial charge in [0.25, 0.3) is 5.91 Å². The standard InChI is InChI=1S/C10H12FNO/c1-12-10(13)9(11)7-8-5-3-2-4-6-8/h2-6,9H,7H2,1H3,(H,12,13). The number of amides is 1. The fraction of sp³-hybridized carbons (Fsp3) is 0.300. The Kier molecular flexibility index (Phi) is 3.43. The van der Waals surface area contributed by atoms with Gasteiger partial charge in [0.15, 0.2) is 6.17 Å². The lowest BCUT2D eigenvalue weighted by Crippen LogP contribution is -2.30. The maximum Gasteiger partial charge on any atom is 0.254 e. The minimum Gasteiger partial charge on any atom is -0.357 e. The Bertz CT molecular complexity index is 274. The maximum atomic E-state index is 13.1. The summed E-state index contributed by atoms with van der Waals surface area (Å²) in [5.41, 5.74) is 0.832. The number of benzene rings is 1. The molecule has 0 radical (unpaired) electrons. The van der Waals surface area contributed by atoms with Gasteiger partial charge in [-0.2, -0.15) is 0 Å². The molecular weight excluding hydrogens is 169 g/mol. The van der Waals surface area contributed by atoms with E-state index in [2.05, 4.69) is 5.32 Å². The van der Waals surface area contributed by atoms with Crippen LogP contribution in [0, 0.1) is 0 Å². The minimum absolute atomic E-state index is 0.139. The summed E-state index contributed by atoms with van der Waals surface area (Å²) < 4.78 is 13.1. The third-order valence-corrected chi connectivity index (χ3v) is 1.79. The van der Waals surface area contributed by atoms with Gasteiger partial charge in [-0.15, -0.1) is 0 Å². The summed E-state index contributed by atoms with van der Waals surface area (Å²) in [7, 11) is 1.43. The van der Waals surface area contributed by atoms with Gasteiger partial charge >= 0.3 is 0 Å². The van der Waals surface area contributed by atoms with E-state index in [1.54, 1.807) is 12.1 Å². The molecule has 0 aliphatic heterocycles. The van der Waals surface area contributed by atoms with Crippen LogP contribution in [0.25, 0.3) is 0 Å². The van der Waals surface area contributed by atoms with Crippen LogP contribution in [0.2, 0.25) is 0 Å². The predicted octanol–water partition coefficient (Wildman–Crippen LogP) is 1.31. The molecule has 70 valence electrons. The molecule has 0 bridgehead atoms. The summed E-state index contributed by atoms with van der Waals surface area (Å²) in [6, 6.07) is 9.11. The number of nitrogens with one attached hydrogen (secondary N) is 1. The largest absolute Gasteiger partial charge is 0.357 e. The van der Waals surface area contributed by atoms with Gasteiger partial charge in [0.2, 0.25) is 0 Å². The van der Waals surface area contributed by atoms with Crippen molar-refractivity contribution in [2.75, 3.05) is 7.05 Å². The molecule has 1 rings (SSSR count). The summed E-state index contributed by atoms with van der Waals surface area (Å²) in [5, 5.41) is 2.27. The van der Waals surface area contributed by atoms with E-state index >= 15 is 0 Å². The van der Waals surface area contributed by atoms with Crippen LogP contribution in [-0.4, -0.2) is 19.1 Å². The van der Waals surface area contributed by atoms with Crippen molar-refractivity contribution >= 4 is 5.91 Å². The Hall–Kier alpha value is -1.38. The lowest BCUT2D eigenvalue weighted by molar-refractivity contribution is -0.125. The Morgan fingerprint density at radius 2 is 2.08 bits per heavy atom. The second kappa shape index (κ2) is 4.60. The fourth-order valence-corrected chi connectivity index (χ4v) is 1.07. The number of rotatable bonds is 3. The Morgan fingerprint density at radius 1 is 1.46 bits per heavy atom. The number of hydrogen-bond acceptors (Lipinski definition) is 1. The summed E-state index contributed by atoms with van der Waals surface area (Å²) >= 11 is 0. The van der Waals surface area contributed by atoms with Gasteiger partial charge in [0.1, 0.15) is 0 Å². The number of carbonyl (C=O) groups excluding carboxylic acids is 1. The molecule has 1 aromatic carbocycles. The van der Waals surface area contributed by atoms with E-state index in [0.29, 0.717) is 0 Å². The first-order valence-corrected chi connectivity index (χ1v) is 4.13. The van der Waals surface area contributed by atoms with Gasteiger partial charge in [0, 0.05) is 13.5 Å². The van der Waals surface area contributed by atoms with Crippen LogP contribution in [0.1, 0.15) is 5.56 Å². The first kappa shape index (κ1) is 9.71. The number of alkyl halides is 1. The van der Waals surface area contributed by atoms with E-state index in [1.807, 2.05) is 18.2 Å².